The first-order valence-electron chi connectivity index (χ1n) is 9.47. The SMILES string of the molecule is Nc1cc(C2(SC3CC3)CCC2)nc(-c2ccc(NCCCO)cc2)n1. The van der Waals surface area contributed by atoms with Gasteiger partial charge < -0.3 is 16.2 Å². The molecule has 138 valence electrons. The van der Waals surface area contributed by atoms with Gasteiger partial charge in [-0.1, -0.05) is 0 Å². The molecule has 6 heteroatoms. The van der Waals surface area contributed by atoms with Crippen LogP contribution in [0, 0.1) is 0 Å². The fourth-order valence-corrected chi connectivity index (χ4v) is 5.07. The third-order valence-corrected chi connectivity index (χ3v) is 6.97. The van der Waals surface area contributed by atoms with E-state index < -0.39 is 0 Å². The highest BCUT2D eigenvalue weighted by atomic mass is 32.2. The molecule has 0 amide bonds. The number of nitrogens with one attached hydrogen (secondary N) is 1. The molecule has 5 nitrogen and oxygen atoms in total. The molecular formula is C20H26N4OS. The normalized spacial score (nSPS) is 18.3. The average molecular weight is 371 g/mol. The van der Waals surface area contributed by atoms with Crippen LogP contribution in [0.3, 0.4) is 0 Å². The molecule has 0 radical (unpaired) electrons. The molecule has 4 rings (SSSR count). The first-order chi connectivity index (χ1) is 12.7. The Kier molecular flexibility index (Phi) is 5.05. The Hall–Kier alpha value is -1.79. The van der Waals surface area contributed by atoms with E-state index in [1.165, 1.54) is 32.1 Å². The van der Waals surface area contributed by atoms with Gasteiger partial charge in [-0.25, -0.2) is 9.97 Å². The number of aliphatic hydroxyl groups is 1. The Bertz CT molecular complexity index is 757. The Morgan fingerprint density at radius 1 is 1.19 bits per heavy atom. The minimum atomic E-state index is 0.152. The summed E-state index contributed by atoms with van der Waals surface area (Å²) in [5, 5.41) is 13.0. The molecular weight excluding hydrogens is 344 g/mol. The van der Waals surface area contributed by atoms with Gasteiger partial charge in [0.2, 0.25) is 0 Å². The van der Waals surface area contributed by atoms with Crippen molar-refractivity contribution in [2.75, 3.05) is 24.2 Å². The number of nitrogens with two attached hydrogens (primary N) is 1. The van der Waals surface area contributed by atoms with E-state index in [1.807, 2.05) is 30.3 Å². The molecule has 0 saturated heterocycles. The minimum absolute atomic E-state index is 0.152. The molecule has 1 heterocycles. The second-order valence-corrected chi connectivity index (χ2v) is 8.93. The molecule has 4 N–H and O–H groups in total. The van der Waals surface area contributed by atoms with Crippen molar-refractivity contribution < 1.29 is 5.11 Å². The lowest BCUT2D eigenvalue weighted by Gasteiger charge is -2.41. The number of nitrogens with zero attached hydrogens (tertiary/aromatic N) is 2. The summed E-state index contributed by atoms with van der Waals surface area (Å²) >= 11 is 2.10. The first kappa shape index (κ1) is 17.6. The quantitative estimate of drug-likeness (QED) is 0.613. The lowest BCUT2D eigenvalue weighted by atomic mass is 9.81. The third-order valence-electron chi connectivity index (χ3n) is 5.10. The smallest absolute Gasteiger partial charge is 0.161 e. The number of aromatic nitrogens is 2. The largest absolute Gasteiger partial charge is 0.396 e. The first-order valence-corrected chi connectivity index (χ1v) is 10.3. The Balaban J connectivity index is 1.56. The highest BCUT2D eigenvalue weighted by Gasteiger charge is 2.45. The zero-order valence-electron chi connectivity index (χ0n) is 14.9. The van der Waals surface area contributed by atoms with Gasteiger partial charge in [0.25, 0.3) is 0 Å². The summed E-state index contributed by atoms with van der Waals surface area (Å²) in [4.78, 5) is 9.40. The summed E-state index contributed by atoms with van der Waals surface area (Å²) in [5.41, 5.74) is 9.26. The van der Waals surface area contributed by atoms with Gasteiger partial charge in [0.15, 0.2) is 5.82 Å². The third kappa shape index (κ3) is 3.81. The van der Waals surface area contributed by atoms with E-state index in [9.17, 15) is 0 Å². The molecule has 26 heavy (non-hydrogen) atoms. The monoisotopic (exact) mass is 370 g/mol. The highest BCUT2D eigenvalue weighted by molar-refractivity contribution is 8.01. The van der Waals surface area contributed by atoms with Crippen LogP contribution in [0.25, 0.3) is 11.4 Å². The summed E-state index contributed by atoms with van der Waals surface area (Å²) in [6, 6.07) is 10.1. The molecule has 0 atom stereocenters. The number of aliphatic hydroxyl groups excluding tert-OH is 1. The van der Waals surface area contributed by atoms with Crippen molar-refractivity contribution >= 4 is 23.3 Å². The van der Waals surface area contributed by atoms with E-state index >= 15 is 0 Å². The van der Waals surface area contributed by atoms with Crippen molar-refractivity contribution in [3.05, 3.63) is 36.0 Å². The van der Waals surface area contributed by atoms with Crippen LogP contribution < -0.4 is 11.1 Å². The van der Waals surface area contributed by atoms with Crippen LogP contribution in [0.1, 0.15) is 44.2 Å². The van der Waals surface area contributed by atoms with Crippen LogP contribution in [0.2, 0.25) is 0 Å². The van der Waals surface area contributed by atoms with E-state index in [4.69, 9.17) is 15.8 Å². The van der Waals surface area contributed by atoms with Crippen molar-refractivity contribution in [3.63, 3.8) is 0 Å². The van der Waals surface area contributed by atoms with Crippen molar-refractivity contribution in [1.29, 1.82) is 0 Å². The summed E-state index contributed by atoms with van der Waals surface area (Å²) in [6.45, 7) is 0.960. The maximum atomic E-state index is 8.87. The number of hydrogen-bond acceptors (Lipinski definition) is 6. The fraction of sp³-hybridized carbons (Fsp3) is 0.500. The van der Waals surface area contributed by atoms with E-state index in [0.717, 1.165) is 35.2 Å². The Morgan fingerprint density at radius 2 is 1.96 bits per heavy atom. The van der Waals surface area contributed by atoms with Gasteiger partial charge in [-0.05, 0) is 62.8 Å². The van der Waals surface area contributed by atoms with Crippen molar-refractivity contribution in [2.45, 2.75) is 48.5 Å². The predicted octanol–water partition coefficient (Wildman–Crippen LogP) is 3.79. The highest BCUT2D eigenvalue weighted by Crippen LogP contribution is 2.57. The minimum Gasteiger partial charge on any atom is -0.396 e. The van der Waals surface area contributed by atoms with E-state index in [2.05, 4.69) is 22.1 Å². The molecule has 0 spiro atoms. The Labute approximate surface area is 158 Å². The number of benzene rings is 1. The van der Waals surface area contributed by atoms with Gasteiger partial charge in [0, 0.05) is 35.7 Å². The van der Waals surface area contributed by atoms with Crippen LogP contribution in [0.5, 0.6) is 0 Å². The maximum absolute atomic E-state index is 8.87. The van der Waals surface area contributed by atoms with Crippen LogP contribution >= 0.6 is 11.8 Å². The second kappa shape index (κ2) is 7.45. The van der Waals surface area contributed by atoms with Gasteiger partial charge in [0.05, 0.1) is 10.4 Å². The topological polar surface area (TPSA) is 84.1 Å². The van der Waals surface area contributed by atoms with Crippen molar-refractivity contribution in [2.24, 2.45) is 0 Å². The molecule has 1 aromatic carbocycles. The average Bonchev–Trinajstić information content (AvgIpc) is 3.42. The van der Waals surface area contributed by atoms with Crippen LogP contribution in [-0.4, -0.2) is 33.5 Å². The number of thioether (sulfide) groups is 1. The second-order valence-electron chi connectivity index (χ2n) is 7.25. The molecule has 0 aliphatic heterocycles. The van der Waals surface area contributed by atoms with Gasteiger partial charge in [-0.3, -0.25) is 0 Å². The zero-order valence-corrected chi connectivity index (χ0v) is 15.8. The van der Waals surface area contributed by atoms with E-state index in [1.54, 1.807) is 0 Å². The lowest BCUT2D eigenvalue weighted by Crippen LogP contribution is -2.32. The van der Waals surface area contributed by atoms with Crippen LogP contribution in [-0.2, 0) is 4.75 Å². The standard InChI is InChI=1S/C20H26N4OS/c21-18-13-17(20(9-1-10-20)26-16-7-8-16)23-19(24-18)14-3-5-15(6-4-14)22-11-2-12-25/h3-6,13,16,22,25H,1-2,7-12H2,(H2,21,23,24). The number of hydrogen-bond donors (Lipinski definition) is 3. The van der Waals surface area contributed by atoms with Crippen molar-refractivity contribution in [1.82, 2.24) is 9.97 Å². The van der Waals surface area contributed by atoms with Crippen LogP contribution in [0.15, 0.2) is 30.3 Å². The Morgan fingerprint density at radius 3 is 2.58 bits per heavy atom. The molecule has 2 fully saturated rings. The van der Waals surface area contributed by atoms with Gasteiger partial charge in [-0.2, -0.15) is 0 Å². The molecule has 2 aliphatic rings. The van der Waals surface area contributed by atoms with Gasteiger partial charge in [0.1, 0.15) is 5.82 Å². The summed E-state index contributed by atoms with van der Waals surface area (Å²) in [5.74, 6) is 1.27. The summed E-state index contributed by atoms with van der Waals surface area (Å²) < 4.78 is 0.152. The molecule has 1 aromatic heterocycles. The number of rotatable bonds is 8. The fourth-order valence-electron chi connectivity index (χ4n) is 3.31. The summed E-state index contributed by atoms with van der Waals surface area (Å²) in [6.07, 6.45) is 7.07. The summed E-state index contributed by atoms with van der Waals surface area (Å²) in [7, 11) is 0. The lowest BCUT2D eigenvalue weighted by molar-refractivity contribution is 0.292. The van der Waals surface area contributed by atoms with E-state index in [0.29, 0.717) is 11.6 Å². The maximum Gasteiger partial charge on any atom is 0.161 e. The van der Waals surface area contributed by atoms with E-state index in [-0.39, 0.29) is 11.4 Å². The molecule has 2 aliphatic carbocycles. The number of nitrogen functional groups attached to an aromatic ring is 1. The van der Waals surface area contributed by atoms with Crippen molar-refractivity contribution in [3.8, 4) is 11.4 Å². The number of anilines is 2. The predicted molar refractivity (Wildman–Crippen MR) is 108 cm³/mol. The zero-order chi connectivity index (χ0) is 18.0. The molecule has 0 bridgehead atoms. The molecule has 2 saturated carbocycles. The molecule has 0 unspecified atom stereocenters. The van der Waals surface area contributed by atoms with Crippen LogP contribution in [0.4, 0.5) is 11.5 Å². The van der Waals surface area contributed by atoms with Gasteiger partial charge in [-0.15, -0.1) is 11.8 Å². The molecule has 2 aromatic rings. The van der Waals surface area contributed by atoms with Gasteiger partial charge >= 0.3 is 0 Å².